The van der Waals surface area contributed by atoms with E-state index in [1.807, 2.05) is 0 Å². The number of carbonyl (C=O) groups is 10. The second-order valence-electron chi connectivity index (χ2n) is 20.7. The summed E-state index contributed by atoms with van der Waals surface area (Å²) in [5, 5.41) is 45.1. The van der Waals surface area contributed by atoms with Crippen molar-refractivity contribution >= 4 is 59.3 Å². The Morgan fingerprint density at radius 2 is 1.45 bits per heavy atom. The first-order valence-corrected chi connectivity index (χ1v) is 26.8. The lowest BCUT2D eigenvalue weighted by Gasteiger charge is -2.41. The molecular weight excluding hydrogens is 1010 g/mol. The van der Waals surface area contributed by atoms with Crippen molar-refractivity contribution in [2.75, 3.05) is 39.3 Å². The van der Waals surface area contributed by atoms with E-state index >= 15 is 0 Å². The Morgan fingerprint density at radius 3 is 2.03 bits per heavy atom. The van der Waals surface area contributed by atoms with Gasteiger partial charge in [0.05, 0.1) is 30.6 Å². The van der Waals surface area contributed by atoms with E-state index in [1.165, 1.54) is 19.5 Å². The number of furan rings is 1. The van der Waals surface area contributed by atoms with Crippen LogP contribution in [0.2, 0.25) is 0 Å². The van der Waals surface area contributed by atoms with Crippen molar-refractivity contribution < 1.29 is 62.6 Å². The van der Waals surface area contributed by atoms with E-state index in [4.69, 9.17) is 21.6 Å². The van der Waals surface area contributed by atoms with Gasteiger partial charge < -0.3 is 84.5 Å². The Balaban J connectivity index is 1.71. The minimum absolute atomic E-state index is 0.0447. The molecule has 1 aliphatic carbocycles. The Hall–Kier alpha value is -6.64. The molecule has 78 heavy (non-hydrogen) atoms. The van der Waals surface area contributed by atoms with E-state index in [-0.39, 0.29) is 88.2 Å². The third-order valence-electron chi connectivity index (χ3n) is 14.3. The van der Waals surface area contributed by atoms with Crippen LogP contribution in [0.25, 0.3) is 0 Å². The van der Waals surface area contributed by atoms with E-state index in [0.717, 1.165) is 0 Å². The smallest absolute Gasteiger partial charge is 0.245 e. The maximum Gasteiger partial charge on any atom is 0.245 e. The first-order valence-electron chi connectivity index (χ1n) is 26.8. The summed E-state index contributed by atoms with van der Waals surface area (Å²) in [5.74, 6) is -8.08. The number of ketones is 1. The van der Waals surface area contributed by atoms with E-state index in [0.29, 0.717) is 36.7 Å². The molecule has 1 saturated heterocycles. The van der Waals surface area contributed by atoms with Crippen LogP contribution in [-0.4, -0.2) is 163 Å². The van der Waals surface area contributed by atoms with Crippen LogP contribution in [0.4, 0.5) is 0 Å². The van der Waals surface area contributed by atoms with Crippen molar-refractivity contribution in [3.8, 4) is 0 Å². The standard InChI is InChI=1S/C53H82N12O13/c1-5-35(36-12-11-33(36)25-43(69)34-16-22-78-27-34)45(70)63-42(26-66)50(75)60-39-15-21-57-52(77)44(31(4)68)64-46(71)37(13-18-54)58-28-53(29-67,17-20-56)65-51(76)40(23-30(2)3)61-49(74)41(24-32-9-7-6-8-10-32)62-47(72)38(14-19-55)59-48(39)73/h6-10,16,22,27,29-31,33,35-42,44,58,66,68H,5,11-15,17-21,23-26,28,54-56H2,1-4H3,(H,57,77)(H,59,73)(H,60,75)(H,61,74)(H,62,72)(H,63,70)(H,64,71)(H,65,76)/t31-,33?,35?,36?,37+,38+,39+,40+,41-,42-,44+,53+/m1/s1. The molecule has 432 valence electrons. The fourth-order valence-corrected chi connectivity index (χ4v) is 9.69. The maximum absolute atomic E-state index is 14.4. The van der Waals surface area contributed by atoms with E-state index in [2.05, 4.69) is 47.9 Å². The van der Waals surface area contributed by atoms with Crippen molar-refractivity contribution in [3.63, 3.8) is 0 Å². The summed E-state index contributed by atoms with van der Waals surface area (Å²) in [6.07, 6.45) is 2.79. The third-order valence-corrected chi connectivity index (χ3v) is 14.3. The van der Waals surface area contributed by atoms with Crippen LogP contribution in [0.3, 0.4) is 0 Å². The summed E-state index contributed by atoms with van der Waals surface area (Å²) < 4.78 is 5.05. The van der Waals surface area contributed by atoms with Crippen molar-refractivity contribution in [2.45, 2.75) is 146 Å². The highest BCUT2D eigenvalue weighted by Crippen LogP contribution is 2.43. The first kappa shape index (κ1) is 63.9. The molecule has 1 aromatic heterocycles. The average molecular weight is 1100 g/mol. The molecule has 0 spiro atoms. The van der Waals surface area contributed by atoms with Gasteiger partial charge in [0, 0.05) is 31.8 Å². The van der Waals surface area contributed by atoms with Gasteiger partial charge in [0.25, 0.3) is 0 Å². The predicted octanol–water partition coefficient (Wildman–Crippen LogP) is -2.95. The molecule has 1 saturated carbocycles. The molecule has 4 rings (SSSR count). The van der Waals surface area contributed by atoms with Crippen LogP contribution in [0, 0.1) is 23.7 Å². The fourth-order valence-electron chi connectivity index (χ4n) is 9.69. The number of amides is 8. The molecule has 2 aliphatic rings. The van der Waals surface area contributed by atoms with Gasteiger partial charge >= 0.3 is 0 Å². The summed E-state index contributed by atoms with van der Waals surface area (Å²) in [4.78, 5) is 139. The highest BCUT2D eigenvalue weighted by atomic mass is 16.3. The summed E-state index contributed by atoms with van der Waals surface area (Å²) in [5.41, 5.74) is 17.1. The van der Waals surface area contributed by atoms with Gasteiger partial charge in [-0.05, 0) is 107 Å². The maximum atomic E-state index is 14.4. The Kier molecular flexibility index (Phi) is 26.0. The van der Waals surface area contributed by atoms with Gasteiger partial charge in [-0.15, -0.1) is 0 Å². The Morgan fingerprint density at radius 1 is 0.795 bits per heavy atom. The fraction of sp³-hybridized carbons (Fsp3) is 0.623. The summed E-state index contributed by atoms with van der Waals surface area (Å²) in [6.45, 7) is 4.63. The average Bonchev–Trinajstić information content (AvgIpc) is 3.98. The summed E-state index contributed by atoms with van der Waals surface area (Å²) >= 11 is 0. The van der Waals surface area contributed by atoms with Gasteiger partial charge in [0.1, 0.15) is 54.3 Å². The zero-order valence-electron chi connectivity index (χ0n) is 45.1. The lowest BCUT2D eigenvalue weighted by atomic mass is 9.64. The minimum Gasteiger partial charge on any atom is -0.472 e. The normalized spacial score (nSPS) is 26.5. The van der Waals surface area contributed by atoms with Crippen LogP contribution in [0.5, 0.6) is 0 Å². The number of aliphatic hydroxyl groups is 2. The SMILES string of the molecule is CCC(C(=O)N[C@H](CO)C(=O)N[C@H]1CCNC(=O)[C@H]([C@@H](C)O)NC(=O)[C@H](CCN)NC[C@](C=O)(CCN)NC(=O)[C@H](CC(C)C)NC(=O)[C@@H](Cc2ccccc2)NC(=O)[C@H](CCN)NC1=O)C1CCC1CC(=O)c1ccoc1. The van der Waals surface area contributed by atoms with Crippen LogP contribution in [0.1, 0.15) is 101 Å². The van der Waals surface area contributed by atoms with E-state index in [9.17, 15) is 58.2 Å². The molecule has 2 heterocycles. The second kappa shape index (κ2) is 31.7. The molecule has 1 aromatic carbocycles. The predicted molar refractivity (Wildman–Crippen MR) is 285 cm³/mol. The van der Waals surface area contributed by atoms with Crippen molar-refractivity contribution in [3.05, 3.63) is 60.1 Å². The molecule has 0 radical (unpaired) electrons. The number of carbonyl (C=O) groups excluding carboxylic acids is 10. The van der Waals surface area contributed by atoms with Crippen LogP contribution >= 0.6 is 0 Å². The zero-order valence-corrected chi connectivity index (χ0v) is 45.1. The van der Waals surface area contributed by atoms with Crippen LogP contribution in [0.15, 0.2) is 53.3 Å². The highest BCUT2D eigenvalue weighted by molar-refractivity contribution is 5.98. The number of nitrogens with two attached hydrogens (primary N) is 3. The second-order valence-corrected chi connectivity index (χ2v) is 20.7. The molecule has 0 bridgehead atoms. The van der Waals surface area contributed by atoms with E-state index in [1.54, 1.807) is 57.2 Å². The number of aldehydes is 1. The largest absolute Gasteiger partial charge is 0.472 e. The topological polar surface area (TPSA) is 411 Å². The molecule has 25 heteroatoms. The zero-order chi connectivity index (χ0) is 57.5. The number of rotatable bonds is 22. The molecule has 12 atom stereocenters. The molecule has 3 unspecified atom stereocenters. The van der Waals surface area contributed by atoms with Gasteiger partial charge in [-0.25, -0.2) is 0 Å². The van der Waals surface area contributed by atoms with Gasteiger partial charge in [0.15, 0.2) is 5.78 Å². The van der Waals surface area contributed by atoms with Crippen LogP contribution in [-0.2, 0) is 49.6 Å². The molecular formula is C53H82N12O13. The van der Waals surface area contributed by atoms with Gasteiger partial charge in [-0.3, -0.25) is 43.2 Å². The minimum atomic E-state index is -1.74. The van der Waals surface area contributed by atoms with E-state index < -0.39 is 127 Å². The number of hydrogen-bond acceptors (Lipinski definition) is 17. The third kappa shape index (κ3) is 18.8. The molecule has 25 nitrogen and oxygen atoms in total. The number of benzene rings is 1. The van der Waals surface area contributed by atoms with Gasteiger partial charge in [0.2, 0.25) is 47.3 Å². The van der Waals surface area contributed by atoms with Crippen molar-refractivity contribution in [1.29, 1.82) is 0 Å². The number of aliphatic hydroxyl groups excluding tert-OH is 2. The molecule has 2 fully saturated rings. The van der Waals surface area contributed by atoms with Gasteiger partial charge in [-0.1, -0.05) is 51.1 Å². The number of nitrogens with one attached hydrogen (secondary N) is 9. The lowest BCUT2D eigenvalue weighted by Crippen LogP contribution is -2.64. The molecule has 8 amide bonds. The lowest BCUT2D eigenvalue weighted by molar-refractivity contribution is -0.137. The molecule has 2 aromatic rings. The summed E-state index contributed by atoms with van der Waals surface area (Å²) in [6, 6.07) is 0.0657. The number of hydrogen-bond donors (Lipinski definition) is 14. The Labute approximate surface area is 454 Å². The molecule has 1 aliphatic heterocycles. The summed E-state index contributed by atoms with van der Waals surface area (Å²) in [7, 11) is 0. The first-order chi connectivity index (χ1) is 37.2. The monoisotopic (exact) mass is 1090 g/mol. The Bertz CT molecular complexity index is 2320. The number of Topliss-reactive ketones (excluding diaryl/α,β-unsaturated/α-hetero) is 1. The van der Waals surface area contributed by atoms with Crippen molar-refractivity contribution in [2.24, 2.45) is 40.9 Å². The quantitative estimate of drug-likeness (QED) is 0.0414. The van der Waals surface area contributed by atoms with Crippen molar-refractivity contribution in [1.82, 2.24) is 47.9 Å². The molecule has 17 N–H and O–H groups in total. The van der Waals surface area contributed by atoms with Crippen LogP contribution < -0.4 is 65.1 Å². The highest BCUT2D eigenvalue weighted by Gasteiger charge is 2.42. The van der Waals surface area contributed by atoms with Gasteiger partial charge in [-0.2, -0.15) is 0 Å².